The Kier molecular flexibility index (Phi) is 8.60. The van der Waals surface area contributed by atoms with Crippen molar-refractivity contribution in [3.05, 3.63) is 64.3 Å². The molecule has 0 aliphatic heterocycles. The summed E-state index contributed by atoms with van der Waals surface area (Å²) in [5, 5.41) is 2.71. The van der Waals surface area contributed by atoms with Crippen LogP contribution in [0.15, 0.2) is 47.1 Å². The monoisotopic (exact) mass is 438 g/mol. The number of benzene rings is 1. The average Bonchev–Trinajstić information content (AvgIpc) is 3.00. The van der Waals surface area contributed by atoms with E-state index in [0.29, 0.717) is 0 Å². The number of rotatable bonds is 0. The molecular formula is C21H26Cl2Zr. The van der Waals surface area contributed by atoms with E-state index in [-0.39, 0.29) is 5.41 Å². The first-order valence-electron chi connectivity index (χ1n) is 8.03. The maximum atomic E-state index is 4.93. The van der Waals surface area contributed by atoms with Crippen LogP contribution in [0.2, 0.25) is 0 Å². The van der Waals surface area contributed by atoms with Gasteiger partial charge in [0.15, 0.2) is 0 Å². The fraction of sp³-hybridized carbons (Fsp3) is 0.381. The van der Waals surface area contributed by atoms with E-state index in [1.54, 1.807) is 0 Å². The molecule has 3 heteroatoms. The van der Waals surface area contributed by atoms with Crippen molar-refractivity contribution in [2.24, 2.45) is 5.41 Å². The van der Waals surface area contributed by atoms with Crippen LogP contribution in [-0.2, 0) is 20.8 Å². The molecule has 0 amide bonds. The van der Waals surface area contributed by atoms with Crippen molar-refractivity contribution in [3.63, 3.8) is 0 Å². The molecular weight excluding hydrogens is 414 g/mol. The van der Waals surface area contributed by atoms with Crippen LogP contribution in [0.1, 0.15) is 45.7 Å². The van der Waals surface area contributed by atoms with Crippen molar-refractivity contribution >= 4 is 27.8 Å². The summed E-state index contributed by atoms with van der Waals surface area (Å²) in [7, 11) is 9.87. The molecule has 0 N–H and O–H groups in total. The first kappa shape index (κ1) is 21.8. The third-order valence-electron chi connectivity index (χ3n) is 4.81. The van der Waals surface area contributed by atoms with Gasteiger partial charge in [-0.1, -0.05) is 44.2 Å². The van der Waals surface area contributed by atoms with Crippen LogP contribution in [0.25, 0.3) is 10.8 Å². The Morgan fingerprint density at radius 1 is 1.00 bits per heavy atom. The Bertz CT molecular complexity index is 712. The van der Waals surface area contributed by atoms with Gasteiger partial charge in [0.1, 0.15) is 0 Å². The minimum atomic E-state index is -0.826. The van der Waals surface area contributed by atoms with Gasteiger partial charge < -0.3 is 0 Å². The summed E-state index contributed by atoms with van der Waals surface area (Å²) in [5.41, 5.74) is 7.15. The van der Waals surface area contributed by atoms with E-state index >= 15 is 0 Å². The number of fused-ring (bicyclic) bond motifs is 1. The van der Waals surface area contributed by atoms with E-state index in [1.807, 2.05) is 0 Å². The Balaban J connectivity index is 0.000000208. The third-order valence-corrected chi connectivity index (χ3v) is 4.81. The molecule has 1 aliphatic rings. The summed E-state index contributed by atoms with van der Waals surface area (Å²) in [6.45, 7) is 15.2. The van der Waals surface area contributed by atoms with Crippen LogP contribution in [0.5, 0.6) is 0 Å². The van der Waals surface area contributed by atoms with Crippen LogP contribution in [0.3, 0.4) is 0 Å². The second-order valence-electron chi connectivity index (χ2n) is 6.79. The van der Waals surface area contributed by atoms with E-state index in [1.165, 1.54) is 38.6 Å². The third kappa shape index (κ3) is 5.65. The van der Waals surface area contributed by atoms with E-state index < -0.39 is 20.8 Å². The summed E-state index contributed by atoms with van der Waals surface area (Å²) < 4.78 is 0. The predicted octanol–water partition coefficient (Wildman–Crippen LogP) is 7.66. The predicted molar refractivity (Wildman–Crippen MR) is 105 cm³/mol. The van der Waals surface area contributed by atoms with Crippen molar-refractivity contribution in [1.29, 1.82) is 0 Å². The molecule has 0 fully saturated rings. The number of aryl methyl sites for hydroxylation is 2. The molecule has 0 saturated heterocycles. The van der Waals surface area contributed by atoms with Crippen LogP contribution in [0, 0.1) is 25.3 Å². The topological polar surface area (TPSA) is 0 Å². The van der Waals surface area contributed by atoms with E-state index in [4.69, 9.17) is 17.0 Å². The maximum absolute atomic E-state index is 4.93. The number of allylic oxidation sites excluding steroid dienone is 4. The summed E-state index contributed by atoms with van der Waals surface area (Å²) >= 11 is -0.826. The first-order chi connectivity index (χ1) is 11.1. The van der Waals surface area contributed by atoms with Gasteiger partial charge in [-0.05, 0) is 13.8 Å². The second kappa shape index (κ2) is 9.47. The van der Waals surface area contributed by atoms with E-state index in [2.05, 4.69) is 84.9 Å². The Morgan fingerprint density at radius 2 is 1.54 bits per heavy atom. The Hall–Kier alpha value is -0.227. The van der Waals surface area contributed by atoms with Crippen LogP contribution < -0.4 is 0 Å². The van der Waals surface area contributed by atoms with Crippen LogP contribution >= 0.6 is 17.0 Å². The van der Waals surface area contributed by atoms with E-state index in [0.717, 1.165) is 0 Å². The van der Waals surface area contributed by atoms with Gasteiger partial charge in [0, 0.05) is 0 Å². The molecule has 0 atom stereocenters. The molecule has 0 bridgehead atoms. The molecule has 0 unspecified atom stereocenters. The van der Waals surface area contributed by atoms with Crippen molar-refractivity contribution in [2.45, 2.75) is 48.5 Å². The van der Waals surface area contributed by atoms with Gasteiger partial charge in [-0.15, -0.1) is 35.9 Å². The van der Waals surface area contributed by atoms with Crippen molar-refractivity contribution in [3.8, 4) is 0 Å². The van der Waals surface area contributed by atoms with Crippen LogP contribution in [0.4, 0.5) is 0 Å². The van der Waals surface area contributed by atoms with Crippen molar-refractivity contribution in [1.82, 2.24) is 0 Å². The molecule has 1 aliphatic carbocycles. The van der Waals surface area contributed by atoms with Crippen LogP contribution in [-0.4, -0.2) is 0 Å². The molecule has 3 rings (SSSR count). The molecule has 2 aromatic rings. The Labute approximate surface area is 166 Å². The summed E-state index contributed by atoms with van der Waals surface area (Å²) in [4.78, 5) is 0. The first-order valence-corrected chi connectivity index (χ1v) is 14.4. The SMILES string of the molecule is CC1=[C-]C(C)(C)C(C)=C1C.Cc1cc2cc[cH-]c2cc1C.[Cl][Zr+2][Cl]. The van der Waals surface area contributed by atoms with Crippen molar-refractivity contribution in [2.75, 3.05) is 0 Å². The molecule has 0 heterocycles. The quantitative estimate of drug-likeness (QED) is 0.369. The fourth-order valence-corrected chi connectivity index (χ4v) is 2.81. The van der Waals surface area contributed by atoms with Gasteiger partial charge in [0.25, 0.3) is 0 Å². The number of hydrogen-bond acceptors (Lipinski definition) is 0. The van der Waals surface area contributed by atoms with E-state index in [9.17, 15) is 0 Å². The molecule has 24 heavy (non-hydrogen) atoms. The normalized spacial score (nSPS) is 15.1. The summed E-state index contributed by atoms with van der Waals surface area (Å²) in [5.74, 6) is 0. The minimum absolute atomic E-state index is 0.189. The number of halogens is 2. The fourth-order valence-electron chi connectivity index (χ4n) is 2.81. The molecule has 0 spiro atoms. The molecule has 2 aromatic carbocycles. The molecule has 128 valence electrons. The molecule has 0 saturated carbocycles. The molecule has 0 aromatic heterocycles. The second-order valence-corrected chi connectivity index (χ2v) is 10.5. The van der Waals surface area contributed by atoms with Gasteiger partial charge in [-0.25, -0.2) is 5.57 Å². The zero-order chi connectivity index (χ0) is 18.5. The summed E-state index contributed by atoms with van der Waals surface area (Å²) in [6.07, 6.45) is 3.44. The number of hydrogen-bond donors (Lipinski definition) is 0. The Morgan fingerprint density at radius 3 is 1.96 bits per heavy atom. The average molecular weight is 441 g/mol. The summed E-state index contributed by atoms with van der Waals surface area (Å²) in [6, 6.07) is 10.9. The standard InChI is InChI=1S/C11H11.C10H15.2ClH.Zr/c1-8-6-10-4-3-5-11(10)7-9(8)2;1-7-6-10(4,5)9(3)8(7)2;;;/h3-7H,1-2H3;1-5H3;2*1H;/q2*-1;;;+4/p-2. The zero-order valence-electron chi connectivity index (χ0n) is 15.6. The molecule has 0 nitrogen and oxygen atoms in total. The van der Waals surface area contributed by atoms with Gasteiger partial charge in [-0.3, -0.25) is 6.08 Å². The molecule has 0 radical (unpaired) electrons. The van der Waals surface area contributed by atoms with Gasteiger partial charge in [-0.2, -0.15) is 23.3 Å². The van der Waals surface area contributed by atoms with Gasteiger partial charge in [0.2, 0.25) is 0 Å². The van der Waals surface area contributed by atoms with Gasteiger partial charge in [0.05, 0.1) is 0 Å². The zero-order valence-corrected chi connectivity index (χ0v) is 19.6. The van der Waals surface area contributed by atoms with Crippen molar-refractivity contribution < 1.29 is 20.8 Å². The van der Waals surface area contributed by atoms with Gasteiger partial charge >= 0.3 is 37.9 Å².